The maximum absolute atomic E-state index is 12.5. The maximum Gasteiger partial charge on any atom is 0.245 e. The van der Waals surface area contributed by atoms with Crippen LogP contribution in [0.3, 0.4) is 0 Å². The summed E-state index contributed by atoms with van der Waals surface area (Å²) in [6.07, 6.45) is 4.16. The second-order valence-electron chi connectivity index (χ2n) is 4.83. The Labute approximate surface area is 117 Å². The van der Waals surface area contributed by atoms with Gasteiger partial charge in [-0.15, -0.1) is 0 Å². The molecule has 1 aromatic carbocycles. The summed E-state index contributed by atoms with van der Waals surface area (Å²) in [5.74, 6) is 0. The van der Waals surface area contributed by atoms with Crippen LogP contribution in [0.5, 0.6) is 0 Å². The van der Waals surface area contributed by atoms with Gasteiger partial charge >= 0.3 is 0 Å². The Bertz CT molecular complexity index is 576. The number of rotatable bonds is 2. The standard InChI is InChI=1S/C12H13Cl2NO2S/c13-8-5-6-12(9(14)7-8)18(16,17)15-10-3-1-2-4-11(10)15/h5-7,10-11H,1-4H2/t10-,11+,15?. The van der Waals surface area contributed by atoms with Gasteiger partial charge < -0.3 is 0 Å². The van der Waals surface area contributed by atoms with Crippen LogP contribution in [0, 0.1) is 0 Å². The topological polar surface area (TPSA) is 37.1 Å². The van der Waals surface area contributed by atoms with Gasteiger partial charge in [-0.25, -0.2) is 8.42 Å². The molecule has 3 rings (SSSR count). The lowest BCUT2D eigenvalue weighted by atomic mass is 10.0. The van der Waals surface area contributed by atoms with Gasteiger partial charge in [-0.2, -0.15) is 4.31 Å². The van der Waals surface area contributed by atoms with Crippen molar-refractivity contribution in [1.82, 2.24) is 4.31 Å². The number of halogens is 2. The summed E-state index contributed by atoms with van der Waals surface area (Å²) in [6.45, 7) is 0. The van der Waals surface area contributed by atoms with Crippen molar-refractivity contribution >= 4 is 33.2 Å². The molecule has 3 nitrogen and oxygen atoms in total. The van der Waals surface area contributed by atoms with Gasteiger partial charge in [-0.3, -0.25) is 0 Å². The zero-order valence-electron chi connectivity index (χ0n) is 9.64. The molecule has 1 heterocycles. The smallest absolute Gasteiger partial charge is 0.207 e. The number of nitrogens with zero attached hydrogens (tertiary/aromatic N) is 1. The molecule has 2 fully saturated rings. The average molecular weight is 306 g/mol. The van der Waals surface area contributed by atoms with Crippen LogP contribution in [0.2, 0.25) is 10.0 Å². The summed E-state index contributed by atoms with van der Waals surface area (Å²) >= 11 is 11.8. The van der Waals surface area contributed by atoms with E-state index in [-0.39, 0.29) is 22.0 Å². The quantitative estimate of drug-likeness (QED) is 0.786. The first-order valence-electron chi connectivity index (χ1n) is 6.00. The van der Waals surface area contributed by atoms with Crippen LogP contribution in [-0.2, 0) is 10.0 Å². The fourth-order valence-electron chi connectivity index (χ4n) is 2.81. The van der Waals surface area contributed by atoms with Crippen LogP contribution in [0.25, 0.3) is 0 Å². The first kappa shape index (κ1) is 12.7. The zero-order chi connectivity index (χ0) is 12.9. The Morgan fingerprint density at radius 1 is 1.11 bits per heavy atom. The van der Waals surface area contributed by atoms with E-state index < -0.39 is 10.0 Å². The van der Waals surface area contributed by atoms with E-state index in [0.717, 1.165) is 25.7 Å². The van der Waals surface area contributed by atoms with Crippen LogP contribution in [-0.4, -0.2) is 24.8 Å². The molecule has 0 amide bonds. The summed E-state index contributed by atoms with van der Waals surface area (Å²) in [7, 11) is -3.45. The summed E-state index contributed by atoms with van der Waals surface area (Å²) in [4.78, 5) is 0.169. The minimum absolute atomic E-state index is 0.169. The molecule has 1 saturated carbocycles. The second-order valence-corrected chi connectivity index (χ2v) is 7.48. The van der Waals surface area contributed by atoms with E-state index in [0.29, 0.717) is 5.02 Å². The molecule has 0 N–H and O–H groups in total. The summed E-state index contributed by atoms with van der Waals surface area (Å²) < 4.78 is 26.6. The van der Waals surface area contributed by atoms with Crippen LogP contribution < -0.4 is 0 Å². The molecule has 0 radical (unpaired) electrons. The molecule has 1 aliphatic heterocycles. The van der Waals surface area contributed by atoms with Crippen molar-refractivity contribution in [3.05, 3.63) is 28.2 Å². The molecule has 0 bridgehead atoms. The Kier molecular flexibility index (Phi) is 3.09. The van der Waals surface area contributed by atoms with Gasteiger partial charge in [0.15, 0.2) is 0 Å². The Balaban J connectivity index is 1.96. The minimum Gasteiger partial charge on any atom is -0.207 e. The summed E-state index contributed by atoms with van der Waals surface area (Å²) in [5, 5.41) is 0.647. The van der Waals surface area contributed by atoms with Gasteiger partial charge in [0.25, 0.3) is 0 Å². The van der Waals surface area contributed by atoms with Gasteiger partial charge in [0, 0.05) is 17.1 Å². The molecule has 1 unspecified atom stereocenters. The second kappa shape index (κ2) is 4.37. The number of fused-ring (bicyclic) bond motifs is 1. The lowest BCUT2D eigenvalue weighted by molar-refractivity contribution is 0.545. The van der Waals surface area contributed by atoms with Crippen LogP contribution in [0.1, 0.15) is 25.7 Å². The SMILES string of the molecule is O=S(=O)(c1ccc(Cl)cc1Cl)N1[C@@H]2CCCC[C@@H]21. The van der Waals surface area contributed by atoms with Crippen molar-refractivity contribution in [3.63, 3.8) is 0 Å². The largest absolute Gasteiger partial charge is 0.245 e. The number of sulfonamides is 1. The van der Waals surface area contributed by atoms with Crippen LogP contribution >= 0.6 is 23.2 Å². The molecule has 3 atom stereocenters. The van der Waals surface area contributed by atoms with Crippen molar-refractivity contribution in [2.75, 3.05) is 0 Å². The lowest BCUT2D eigenvalue weighted by Crippen LogP contribution is -2.16. The van der Waals surface area contributed by atoms with Crippen molar-refractivity contribution in [1.29, 1.82) is 0 Å². The number of hydrogen-bond acceptors (Lipinski definition) is 2. The molecule has 18 heavy (non-hydrogen) atoms. The monoisotopic (exact) mass is 305 g/mol. The third-order valence-corrected chi connectivity index (χ3v) is 6.38. The Hall–Kier alpha value is -0.290. The van der Waals surface area contributed by atoms with E-state index in [1.54, 1.807) is 10.4 Å². The fraction of sp³-hybridized carbons (Fsp3) is 0.500. The number of hydrogen-bond donors (Lipinski definition) is 0. The molecule has 98 valence electrons. The average Bonchev–Trinajstić information content (AvgIpc) is 3.02. The molecule has 0 aromatic heterocycles. The Morgan fingerprint density at radius 2 is 1.72 bits per heavy atom. The molecular weight excluding hydrogens is 293 g/mol. The molecule has 1 aromatic rings. The van der Waals surface area contributed by atoms with E-state index in [2.05, 4.69) is 0 Å². The molecule has 1 saturated heterocycles. The van der Waals surface area contributed by atoms with Crippen LogP contribution in [0.15, 0.2) is 23.1 Å². The van der Waals surface area contributed by atoms with Crippen molar-refractivity contribution < 1.29 is 8.42 Å². The molecule has 6 heteroatoms. The van der Waals surface area contributed by atoms with Crippen molar-refractivity contribution in [2.24, 2.45) is 0 Å². The normalized spacial score (nSPS) is 30.9. The van der Waals surface area contributed by atoms with Crippen molar-refractivity contribution in [3.8, 4) is 0 Å². The van der Waals surface area contributed by atoms with Gasteiger partial charge in [-0.05, 0) is 31.0 Å². The van der Waals surface area contributed by atoms with Gasteiger partial charge in [0.05, 0.1) is 5.02 Å². The highest BCUT2D eigenvalue weighted by molar-refractivity contribution is 7.89. The van der Waals surface area contributed by atoms with E-state index in [1.807, 2.05) is 0 Å². The highest BCUT2D eigenvalue weighted by atomic mass is 35.5. The van der Waals surface area contributed by atoms with Gasteiger partial charge in [-0.1, -0.05) is 36.0 Å². The molecule has 2 aliphatic rings. The first-order chi connectivity index (χ1) is 8.51. The predicted molar refractivity (Wildman–Crippen MR) is 71.5 cm³/mol. The van der Waals surface area contributed by atoms with Gasteiger partial charge in [0.2, 0.25) is 10.0 Å². The van der Waals surface area contributed by atoms with E-state index >= 15 is 0 Å². The van der Waals surface area contributed by atoms with Gasteiger partial charge in [0.1, 0.15) is 4.90 Å². The highest BCUT2D eigenvalue weighted by Crippen LogP contribution is 2.45. The number of benzene rings is 1. The van der Waals surface area contributed by atoms with Crippen LogP contribution in [0.4, 0.5) is 0 Å². The first-order valence-corrected chi connectivity index (χ1v) is 8.20. The highest BCUT2D eigenvalue weighted by Gasteiger charge is 2.55. The predicted octanol–water partition coefficient (Wildman–Crippen LogP) is 3.31. The third kappa shape index (κ3) is 1.95. The molecule has 1 aliphatic carbocycles. The minimum atomic E-state index is -3.45. The van der Waals surface area contributed by atoms with Crippen molar-refractivity contribution in [2.45, 2.75) is 42.7 Å². The zero-order valence-corrected chi connectivity index (χ0v) is 12.0. The summed E-state index contributed by atoms with van der Waals surface area (Å²) in [6, 6.07) is 4.91. The molecular formula is C12H13Cl2NO2S. The fourth-order valence-corrected chi connectivity index (χ4v) is 5.43. The lowest BCUT2D eigenvalue weighted by Gasteiger charge is -2.08. The molecule has 0 spiro atoms. The summed E-state index contributed by atoms with van der Waals surface area (Å²) in [5.41, 5.74) is 0. The van der Waals surface area contributed by atoms with E-state index in [1.165, 1.54) is 12.1 Å². The van der Waals surface area contributed by atoms with E-state index in [9.17, 15) is 8.42 Å². The Morgan fingerprint density at radius 3 is 2.28 bits per heavy atom. The third-order valence-electron chi connectivity index (χ3n) is 3.71. The van der Waals surface area contributed by atoms with E-state index in [4.69, 9.17) is 23.2 Å². The maximum atomic E-state index is 12.5.